The Labute approximate surface area is 114 Å². The van der Waals surface area contributed by atoms with E-state index in [0.29, 0.717) is 6.04 Å². The van der Waals surface area contributed by atoms with Crippen molar-refractivity contribution in [2.75, 3.05) is 0 Å². The molecule has 0 aliphatic heterocycles. The molecule has 3 unspecified atom stereocenters. The minimum Gasteiger partial charge on any atom is -0.307 e. The SMILES string of the molecule is CC1CCCC(NC(C)c2ccc(F)c(F)c2)CC1. The number of halogens is 2. The highest BCUT2D eigenvalue weighted by Gasteiger charge is 2.18. The van der Waals surface area contributed by atoms with Crippen molar-refractivity contribution >= 4 is 0 Å². The zero-order chi connectivity index (χ0) is 13.8. The topological polar surface area (TPSA) is 12.0 Å². The number of rotatable bonds is 3. The molecule has 2 rings (SSSR count). The van der Waals surface area contributed by atoms with E-state index in [-0.39, 0.29) is 6.04 Å². The van der Waals surface area contributed by atoms with Crippen LogP contribution in [0.15, 0.2) is 18.2 Å². The van der Waals surface area contributed by atoms with Gasteiger partial charge in [-0.1, -0.05) is 25.8 Å². The summed E-state index contributed by atoms with van der Waals surface area (Å²) in [4.78, 5) is 0. The van der Waals surface area contributed by atoms with Crippen molar-refractivity contribution in [3.8, 4) is 0 Å². The molecule has 1 nitrogen and oxygen atoms in total. The first-order valence-electron chi connectivity index (χ1n) is 7.27. The van der Waals surface area contributed by atoms with E-state index in [2.05, 4.69) is 12.2 Å². The van der Waals surface area contributed by atoms with Crippen molar-refractivity contribution in [2.24, 2.45) is 5.92 Å². The normalized spacial score (nSPS) is 25.9. The summed E-state index contributed by atoms with van der Waals surface area (Å²) in [5.41, 5.74) is 0.816. The summed E-state index contributed by atoms with van der Waals surface area (Å²) in [5, 5.41) is 3.55. The van der Waals surface area contributed by atoms with Crippen molar-refractivity contribution in [1.82, 2.24) is 5.32 Å². The molecule has 3 atom stereocenters. The Balaban J connectivity index is 1.96. The zero-order valence-electron chi connectivity index (χ0n) is 11.8. The summed E-state index contributed by atoms with van der Waals surface area (Å²) < 4.78 is 26.2. The maximum Gasteiger partial charge on any atom is 0.159 e. The third kappa shape index (κ3) is 4.00. The molecule has 1 fully saturated rings. The van der Waals surface area contributed by atoms with Gasteiger partial charge in [0.1, 0.15) is 0 Å². The smallest absolute Gasteiger partial charge is 0.159 e. The highest BCUT2D eigenvalue weighted by Crippen LogP contribution is 2.25. The quantitative estimate of drug-likeness (QED) is 0.790. The predicted molar refractivity (Wildman–Crippen MR) is 73.9 cm³/mol. The second-order valence-electron chi connectivity index (χ2n) is 5.87. The van der Waals surface area contributed by atoms with E-state index in [1.165, 1.54) is 44.2 Å². The Morgan fingerprint density at radius 3 is 2.63 bits per heavy atom. The Morgan fingerprint density at radius 1 is 1.11 bits per heavy atom. The van der Waals surface area contributed by atoms with Gasteiger partial charge >= 0.3 is 0 Å². The molecule has 19 heavy (non-hydrogen) atoms. The van der Waals surface area contributed by atoms with Crippen LogP contribution in [0, 0.1) is 17.6 Å². The van der Waals surface area contributed by atoms with E-state index in [9.17, 15) is 8.78 Å². The second-order valence-corrected chi connectivity index (χ2v) is 5.87. The second kappa shape index (κ2) is 6.47. The van der Waals surface area contributed by atoms with Gasteiger partial charge in [0.05, 0.1) is 0 Å². The lowest BCUT2D eigenvalue weighted by molar-refractivity contribution is 0.406. The molecule has 1 aliphatic carbocycles. The first-order chi connectivity index (χ1) is 9.06. The zero-order valence-corrected chi connectivity index (χ0v) is 11.8. The molecular weight excluding hydrogens is 244 g/mol. The van der Waals surface area contributed by atoms with Crippen LogP contribution >= 0.6 is 0 Å². The summed E-state index contributed by atoms with van der Waals surface area (Å²) in [6.45, 7) is 4.32. The highest BCUT2D eigenvalue weighted by atomic mass is 19.2. The van der Waals surface area contributed by atoms with Crippen molar-refractivity contribution in [3.05, 3.63) is 35.4 Å². The molecule has 3 heteroatoms. The predicted octanol–water partition coefficient (Wildman–Crippen LogP) is 4.58. The molecule has 0 saturated heterocycles. The summed E-state index contributed by atoms with van der Waals surface area (Å²) >= 11 is 0. The third-order valence-electron chi connectivity index (χ3n) is 4.19. The maximum absolute atomic E-state index is 13.2. The molecule has 1 saturated carbocycles. The van der Waals surface area contributed by atoms with Crippen LogP contribution in [0.1, 0.15) is 57.6 Å². The fraction of sp³-hybridized carbons (Fsp3) is 0.625. The van der Waals surface area contributed by atoms with Crippen molar-refractivity contribution in [1.29, 1.82) is 0 Å². The summed E-state index contributed by atoms with van der Waals surface area (Å²) in [5.74, 6) is -0.731. The summed E-state index contributed by atoms with van der Waals surface area (Å²) in [7, 11) is 0. The molecule has 1 aromatic carbocycles. The van der Waals surface area contributed by atoms with Gasteiger partial charge in [0, 0.05) is 12.1 Å². The monoisotopic (exact) mass is 267 g/mol. The lowest BCUT2D eigenvalue weighted by atomic mass is 10.0. The number of hydrogen-bond acceptors (Lipinski definition) is 1. The van der Waals surface area contributed by atoms with Gasteiger partial charge in [-0.15, -0.1) is 0 Å². The molecule has 0 radical (unpaired) electrons. The van der Waals surface area contributed by atoms with Crippen LogP contribution in [0.3, 0.4) is 0 Å². The molecule has 0 amide bonds. The van der Waals surface area contributed by atoms with E-state index in [1.54, 1.807) is 6.07 Å². The van der Waals surface area contributed by atoms with Crippen molar-refractivity contribution in [2.45, 2.75) is 58.0 Å². The van der Waals surface area contributed by atoms with Gasteiger partial charge in [-0.2, -0.15) is 0 Å². The van der Waals surface area contributed by atoms with Gasteiger partial charge in [0.25, 0.3) is 0 Å². The summed E-state index contributed by atoms with van der Waals surface area (Å²) in [6.07, 6.45) is 6.16. The Kier molecular flexibility index (Phi) is 4.92. The van der Waals surface area contributed by atoms with Gasteiger partial charge < -0.3 is 5.32 Å². The summed E-state index contributed by atoms with van der Waals surface area (Å²) in [6, 6.07) is 4.72. The van der Waals surface area contributed by atoms with Crippen molar-refractivity contribution in [3.63, 3.8) is 0 Å². The maximum atomic E-state index is 13.2. The molecule has 1 N–H and O–H groups in total. The molecule has 1 aliphatic rings. The van der Waals surface area contributed by atoms with E-state index in [4.69, 9.17) is 0 Å². The van der Waals surface area contributed by atoms with Gasteiger partial charge in [-0.25, -0.2) is 8.78 Å². The van der Waals surface area contributed by atoms with Crippen LogP contribution in [0.4, 0.5) is 8.78 Å². The molecule has 106 valence electrons. The Hall–Kier alpha value is -0.960. The molecule has 1 aromatic rings. The first-order valence-corrected chi connectivity index (χ1v) is 7.27. The highest BCUT2D eigenvalue weighted by molar-refractivity contribution is 5.20. The van der Waals surface area contributed by atoms with Crippen LogP contribution in [-0.2, 0) is 0 Å². The van der Waals surface area contributed by atoms with E-state index in [1.807, 2.05) is 6.92 Å². The fourth-order valence-electron chi connectivity index (χ4n) is 2.89. The number of hydrogen-bond donors (Lipinski definition) is 1. The van der Waals surface area contributed by atoms with Crippen LogP contribution in [-0.4, -0.2) is 6.04 Å². The minimum atomic E-state index is -0.778. The fourth-order valence-corrected chi connectivity index (χ4v) is 2.89. The molecular formula is C16H23F2N. The average molecular weight is 267 g/mol. The Morgan fingerprint density at radius 2 is 1.89 bits per heavy atom. The number of nitrogens with one attached hydrogen (secondary N) is 1. The van der Waals surface area contributed by atoms with Gasteiger partial charge in [0.15, 0.2) is 11.6 Å². The van der Waals surface area contributed by atoms with E-state index < -0.39 is 11.6 Å². The molecule has 0 spiro atoms. The van der Waals surface area contributed by atoms with Crippen LogP contribution in [0.25, 0.3) is 0 Å². The van der Waals surface area contributed by atoms with Gasteiger partial charge in [-0.3, -0.25) is 0 Å². The van der Waals surface area contributed by atoms with Crippen molar-refractivity contribution < 1.29 is 8.78 Å². The minimum absolute atomic E-state index is 0.0634. The van der Waals surface area contributed by atoms with Crippen LogP contribution < -0.4 is 5.32 Å². The van der Waals surface area contributed by atoms with Gasteiger partial charge in [-0.05, 0) is 49.8 Å². The largest absolute Gasteiger partial charge is 0.307 e. The molecule has 0 bridgehead atoms. The lowest BCUT2D eigenvalue weighted by Crippen LogP contribution is -2.31. The lowest BCUT2D eigenvalue weighted by Gasteiger charge is -2.22. The van der Waals surface area contributed by atoms with E-state index >= 15 is 0 Å². The van der Waals surface area contributed by atoms with Crippen LogP contribution in [0.2, 0.25) is 0 Å². The third-order valence-corrected chi connectivity index (χ3v) is 4.19. The van der Waals surface area contributed by atoms with E-state index in [0.717, 1.165) is 11.5 Å². The number of benzene rings is 1. The molecule has 0 heterocycles. The van der Waals surface area contributed by atoms with Gasteiger partial charge in [0.2, 0.25) is 0 Å². The molecule has 0 aromatic heterocycles. The average Bonchev–Trinajstić information content (AvgIpc) is 2.58. The Bertz CT molecular complexity index is 419. The first kappa shape index (κ1) is 14.4. The standard InChI is InChI=1S/C16H23F2N/c1-11-4-3-5-14(8-6-11)19-12(2)13-7-9-15(17)16(18)10-13/h7,9-12,14,19H,3-6,8H2,1-2H3. The van der Waals surface area contributed by atoms with Crippen LogP contribution in [0.5, 0.6) is 0 Å².